The summed E-state index contributed by atoms with van der Waals surface area (Å²) in [4.78, 5) is 2.35. The van der Waals surface area contributed by atoms with E-state index in [0.29, 0.717) is 6.54 Å². The van der Waals surface area contributed by atoms with Crippen molar-refractivity contribution in [1.82, 2.24) is 4.90 Å². The third-order valence-corrected chi connectivity index (χ3v) is 2.93. The highest BCUT2D eigenvalue weighted by atomic mass is 16.5. The fourth-order valence-corrected chi connectivity index (χ4v) is 1.75. The second-order valence-corrected chi connectivity index (χ2v) is 4.06. The van der Waals surface area contributed by atoms with E-state index in [1.165, 1.54) is 5.56 Å². The van der Waals surface area contributed by atoms with Gasteiger partial charge in [-0.15, -0.1) is 0 Å². The van der Waals surface area contributed by atoms with Crippen LogP contribution in [0.15, 0.2) is 24.3 Å². The van der Waals surface area contributed by atoms with Crippen LogP contribution in [0.3, 0.4) is 0 Å². The molecule has 0 saturated heterocycles. The summed E-state index contributed by atoms with van der Waals surface area (Å²) in [6.07, 6.45) is 0.930. The Morgan fingerprint density at radius 1 is 1.12 bits per heavy atom. The Labute approximate surface area is 105 Å². The number of ether oxygens (including phenoxy) is 1. The molecule has 3 nitrogen and oxygen atoms in total. The molecule has 17 heavy (non-hydrogen) atoms. The van der Waals surface area contributed by atoms with Crippen LogP contribution in [-0.2, 0) is 6.42 Å². The quantitative estimate of drug-likeness (QED) is 0.749. The van der Waals surface area contributed by atoms with Gasteiger partial charge in [-0.1, -0.05) is 26.0 Å². The lowest BCUT2D eigenvalue weighted by Gasteiger charge is -2.18. The van der Waals surface area contributed by atoms with E-state index in [-0.39, 0.29) is 0 Å². The van der Waals surface area contributed by atoms with Gasteiger partial charge in [0, 0.05) is 6.54 Å². The SMILES string of the molecule is CCN(CC)CCOc1ccc(CCN)cc1. The van der Waals surface area contributed by atoms with Crippen molar-refractivity contribution in [3.8, 4) is 5.75 Å². The predicted octanol–water partition coefficient (Wildman–Crippen LogP) is 1.91. The van der Waals surface area contributed by atoms with Gasteiger partial charge in [-0.3, -0.25) is 0 Å². The molecule has 96 valence electrons. The van der Waals surface area contributed by atoms with Crippen LogP contribution in [0.25, 0.3) is 0 Å². The van der Waals surface area contributed by atoms with Gasteiger partial charge < -0.3 is 15.4 Å². The zero-order valence-electron chi connectivity index (χ0n) is 11.0. The van der Waals surface area contributed by atoms with E-state index in [1.54, 1.807) is 0 Å². The average Bonchev–Trinajstić information content (AvgIpc) is 2.37. The second-order valence-electron chi connectivity index (χ2n) is 4.06. The number of likely N-dealkylation sites (N-methyl/N-ethyl adjacent to an activating group) is 1. The monoisotopic (exact) mass is 236 g/mol. The lowest BCUT2D eigenvalue weighted by molar-refractivity contribution is 0.223. The van der Waals surface area contributed by atoms with E-state index in [0.717, 1.165) is 38.4 Å². The van der Waals surface area contributed by atoms with Gasteiger partial charge in [-0.25, -0.2) is 0 Å². The Hall–Kier alpha value is -1.06. The minimum Gasteiger partial charge on any atom is -0.492 e. The van der Waals surface area contributed by atoms with Crippen molar-refractivity contribution in [3.63, 3.8) is 0 Å². The van der Waals surface area contributed by atoms with E-state index in [1.807, 2.05) is 12.1 Å². The second kappa shape index (κ2) is 8.09. The zero-order valence-corrected chi connectivity index (χ0v) is 11.0. The van der Waals surface area contributed by atoms with Crippen LogP contribution in [0, 0.1) is 0 Å². The minimum absolute atomic E-state index is 0.697. The minimum atomic E-state index is 0.697. The van der Waals surface area contributed by atoms with Crippen molar-refractivity contribution in [3.05, 3.63) is 29.8 Å². The molecule has 0 aliphatic carbocycles. The lowest BCUT2D eigenvalue weighted by atomic mass is 10.1. The third kappa shape index (κ3) is 5.20. The van der Waals surface area contributed by atoms with Crippen LogP contribution in [-0.4, -0.2) is 37.7 Å². The van der Waals surface area contributed by atoms with Gasteiger partial charge in [0.05, 0.1) is 0 Å². The summed E-state index contributed by atoms with van der Waals surface area (Å²) in [6, 6.07) is 8.21. The number of rotatable bonds is 8. The van der Waals surface area contributed by atoms with Crippen molar-refractivity contribution in [2.45, 2.75) is 20.3 Å². The van der Waals surface area contributed by atoms with Crippen LogP contribution in [0.1, 0.15) is 19.4 Å². The molecule has 0 heterocycles. The Bertz CT molecular complexity index is 294. The molecule has 0 bridgehead atoms. The summed E-state index contributed by atoms with van der Waals surface area (Å²) in [5.41, 5.74) is 6.77. The maximum atomic E-state index is 5.70. The lowest BCUT2D eigenvalue weighted by Crippen LogP contribution is -2.27. The van der Waals surface area contributed by atoms with Crippen molar-refractivity contribution in [1.29, 1.82) is 0 Å². The molecule has 0 saturated carbocycles. The Morgan fingerprint density at radius 3 is 2.29 bits per heavy atom. The molecular formula is C14H24N2O. The standard InChI is InChI=1S/C14H24N2O/c1-3-16(4-2)11-12-17-14-7-5-13(6-8-14)9-10-15/h5-8H,3-4,9-12,15H2,1-2H3. The maximum absolute atomic E-state index is 5.70. The molecule has 0 spiro atoms. The van der Waals surface area contributed by atoms with Crippen LogP contribution in [0.4, 0.5) is 0 Å². The first-order valence-electron chi connectivity index (χ1n) is 6.44. The molecule has 0 aromatic heterocycles. The van der Waals surface area contributed by atoms with Crippen molar-refractivity contribution in [2.75, 3.05) is 32.8 Å². The van der Waals surface area contributed by atoms with E-state index in [4.69, 9.17) is 10.5 Å². The largest absolute Gasteiger partial charge is 0.492 e. The van der Waals surface area contributed by atoms with Gasteiger partial charge in [0.25, 0.3) is 0 Å². The van der Waals surface area contributed by atoms with Gasteiger partial charge in [0.2, 0.25) is 0 Å². The van der Waals surface area contributed by atoms with Gasteiger partial charge in [0.1, 0.15) is 12.4 Å². The van der Waals surface area contributed by atoms with E-state index >= 15 is 0 Å². The normalized spacial score (nSPS) is 10.8. The number of hydrogen-bond acceptors (Lipinski definition) is 3. The summed E-state index contributed by atoms with van der Waals surface area (Å²) in [5.74, 6) is 0.943. The Morgan fingerprint density at radius 2 is 1.76 bits per heavy atom. The van der Waals surface area contributed by atoms with Crippen LogP contribution in [0.2, 0.25) is 0 Å². The van der Waals surface area contributed by atoms with Crippen molar-refractivity contribution in [2.24, 2.45) is 5.73 Å². The molecule has 0 unspecified atom stereocenters. The van der Waals surface area contributed by atoms with Gasteiger partial charge >= 0.3 is 0 Å². The molecule has 1 aromatic carbocycles. The topological polar surface area (TPSA) is 38.5 Å². The molecule has 3 heteroatoms. The highest BCUT2D eigenvalue weighted by Gasteiger charge is 1.99. The molecule has 0 fully saturated rings. The summed E-state index contributed by atoms with van der Waals surface area (Å²) < 4.78 is 5.70. The number of benzene rings is 1. The summed E-state index contributed by atoms with van der Waals surface area (Å²) in [6.45, 7) is 8.93. The van der Waals surface area contributed by atoms with Gasteiger partial charge in [-0.05, 0) is 43.8 Å². The van der Waals surface area contributed by atoms with Crippen LogP contribution in [0.5, 0.6) is 5.75 Å². The van der Waals surface area contributed by atoms with Gasteiger partial charge in [-0.2, -0.15) is 0 Å². The predicted molar refractivity (Wildman–Crippen MR) is 72.5 cm³/mol. The van der Waals surface area contributed by atoms with E-state index < -0.39 is 0 Å². The summed E-state index contributed by atoms with van der Waals surface area (Å²) in [5, 5.41) is 0. The fraction of sp³-hybridized carbons (Fsp3) is 0.571. The molecular weight excluding hydrogens is 212 g/mol. The first-order chi connectivity index (χ1) is 8.30. The molecule has 0 aliphatic rings. The molecule has 0 atom stereocenters. The molecule has 0 radical (unpaired) electrons. The van der Waals surface area contributed by atoms with Crippen molar-refractivity contribution < 1.29 is 4.74 Å². The van der Waals surface area contributed by atoms with Crippen LogP contribution < -0.4 is 10.5 Å². The zero-order chi connectivity index (χ0) is 12.5. The first-order valence-corrected chi connectivity index (χ1v) is 6.44. The Balaban J connectivity index is 2.31. The average molecular weight is 236 g/mol. The highest BCUT2D eigenvalue weighted by Crippen LogP contribution is 2.12. The summed E-state index contributed by atoms with van der Waals surface area (Å²) >= 11 is 0. The maximum Gasteiger partial charge on any atom is 0.119 e. The smallest absolute Gasteiger partial charge is 0.119 e. The van der Waals surface area contributed by atoms with Crippen molar-refractivity contribution >= 4 is 0 Å². The van der Waals surface area contributed by atoms with E-state index in [9.17, 15) is 0 Å². The number of nitrogens with zero attached hydrogens (tertiary/aromatic N) is 1. The molecule has 0 aliphatic heterocycles. The molecule has 2 N–H and O–H groups in total. The highest BCUT2D eigenvalue weighted by molar-refractivity contribution is 5.27. The molecule has 1 rings (SSSR count). The number of nitrogens with two attached hydrogens (primary N) is 1. The molecule has 0 amide bonds. The molecule has 1 aromatic rings. The third-order valence-electron chi connectivity index (χ3n) is 2.93. The fourth-order valence-electron chi connectivity index (χ4n) is 1.75. The van der Waals surface area contributed by atoms with Gasteiger partial charge in [0.15, 0.2) is 0 Å². The number of hydrogen-bond donors (Lipinski definition) is 1. The Kier molecular flexibility index (Phi) is 6.67. The van der Waals surface area contributed by atoms with E-state index in [2.05, 4.69) is 30.9 Å². The first kappa shape index (κ1) is 14.0. The van der Waals surface area contributed by atoms with Crippen LogP contribution >= 0.6 is 0 Å². The summed E-state index contributed by atoms with van der Waals surface area (Å²) in [7, 11) is 0.